The molecule has 1 amide bonds. The molecule has 10 nitrogen and oxygen atoms in total. The number of rotatable bonds is 4. The highest BCUT2D eigenvalue weighted by Gasteiger charge is 2.19. The fraction of sp³-hybridized carbons (Fsp3) is 0.316. The van der Waals surface area contributed by atoms with Crippen molar-refractivity contribution in [2.45, 2.75) is 13.0 Å². The van der Waals surface area contributed by atoms with Crippen molar-refractivity contribution in [3.8, 4) is 11.3 Å². The molecule has 0 radical (unpaired) electrons. The molecule has 2 aromatic heterocycles. The number of carbonyl (C=O) groups is 1. The molecule has 0 saturated carbocycles. The van der Waals surface area contributed by atoms with Crippen molar-refractivity contribution in [2.75, 3.05) is 42.3 Å². The van der Waals surface area contributed by atoms with Gasteiger partial charge >= 0.3 is 0 Å². The third-order valence-corrected chi connectivity index (χ3v) is 4.58. The Bertz CT molecular complexity index is 1030. The summed E-state index contributed by atoms with van der Waals surface area (Å²) in [7, 11) is 0. The van der Waals surface area contributed by atoms with E-state index in [1.165, 1.54) is 0 Å². The molecule has 1 saturated heterocycles. The van der Waals surface area contributed by atoms with Gasteiger partial charge in [0.15, 0.2) is 17.0 Å². The zero-order chi connectivity index (χ0) is 20.4. The van der Waals surface area contributed by atoms with E-state index in [0.29, 0.717) is 54.7 Å². The molecule has 29 heavy (non-hydrogen) atoms. The first kappa shape index (κ1) is 19.0. The summed E-state index contributed by atoms with van der Waals surface area (Å²) in [6.07, 6.45) is 1.65. The maximum atomic E-state index is 11.7. The third kappa shape index (κ3) is 4.08. The Kier molecular flexibility index (Phi) is 5.19. The van der Waals surface area contributed by atoms with Gasteiger partial charge in [-0.25, -0.2) is 9.97 Å². The van der Waals surface area contributed by atoms with Gasteiger partial charge in [-0.05, 0) is 19.1 Å². The van der Waals surface area contributed by atoms with Crippen LogP contribution in [0.25, 0.3) is 22.4 Å². The highest BCUT2D eigenvalue weighted by Crippen LogP contribution is 2.26. The Morgan fingerprint density at radius 3 is 2.59 bits per heavy atom. The van der Waals surface area contributed by atoms with E-state index in [1.54, 1.807) is 25.3 Å². The van der Waals surface area contributed by atoms with E-state index in [9.17, 15) is 4.79 Å². The molecule has 0 unspecified atom stereocenters. The van der Waals surface area contributed by atoms with Crippen molar-refractivity contribution in [3.05, 3.63) is 30.5 Å². The molecule has 1 atom stereocenters. The van der Waals surface area contributed by atoms with Crippen molar-refractivity contribution in [1.29, 1.82) is 0 Å². The maximum absolute atomic E-state index is 11.7. The minimum absolute atomic E-state index is 0.162. The van der Waals surface area contributed by atoms with E-state index < -0.39 is 6.04 Å². The molecule has 1 aliphatic heterocycles. The molecule has 1 aromatic carbocycles. The van der Waals surface area contributed by atoms with Gasteiger partial charge in [0.2, 0.25) is 11.9 Å². The second kappa shape index (κ2) is 7.94. The molecule has 5 N–H and O–H groups in total. The van der Waals surface area contributed by atoms with E-state index in [0.717, 1.165) is 5.56 Å². The van der Waals surface area contributed by atoms with Crippen LogP contribution in [0.1, 0.15) is 6.92 Å². The van der Waals surface area contributed by atoms with Crippen LogP contribution >= 0.6 is 0 Å². The van der Waals surface area contributed by atoms with Crippen LogP contribution < -0.4 is 21.7 Å². The van der Waals surface area contributed by atoms with E-state index in [2.05, 4.69) is 25.2 Å². The van der Waals surface area contributed by atoms with Crippen LogP contribution in [-0.4, -0.2) is 58.2 Å². The zero-order valence-corrected chi connectivity index (χ0v) is 16.0. The van der Waals surface area contributed by atoms with Crippen LogP contribution in [0.15, 0.2) is 30.5 Å². The number of nitrogens with two attached hydrogens (primary N) is 2. The molecular weight excluding hydrogens is 372 g/mol. The van der Waals surface area contributed by atoms with E-state index in [-0.39, 0.29) is 11.9 Å². The monoisotopic (exact) mass is 394 g/mol. The summed E-state index contributed by atoms with van der Waals surface area (Å²) >= 11 is 0. The van der Waals surface area contributed by atoms with E-state index in [4.69, 9.17) is 21.2 Å². The third-order valence-electron chi connectivity index (χ3n) is 4.58. The molecule has 3 heterocycles. The van der Waals surface area contributed by atoms with Crippen molar-refractivity contribution in [2.24, 2.45) is 5.73 Å². The van der Waals surface area contributed by atoms with Crippen LogP contribution in [0.4, 0.5) is 17.5 Å². The first-order valence-corrected chi connectivity index (χ1v) is 9.31. The number of nitrogen functional groups attached to an aromatic ring is 1. The SMILES string of the molecule is C[C@H](N)C(=O)Nc1ccc(-c2cnc3nc(N)nc(N4CCOCC4)c3n2)cc1. The number of nitrogens with zero attached hydrogens (tertiary/aromatic N) is 5. The highest BCUT2D eigenvalue weighted by atomic mass is 16.5. The van der Waals surface area contributed by atoms with Gasteiger partial charge in [0.25, 0.3) is 0 Å². The van der Waals surface area contributed by atoms with Crippen molar-refractivity contribution < 1.29 is 9.53 Å². The van der Waals surface area contributed by atoms with Gasteiger partial charge in [0, 0.05) is 24.3 Å². The standard InChI is InChI=1S/C19H22N8O2/c1-11(20)18(28)23-13-4-2-12(3-5-13)14-10-22-16-15(24-14)17(26-19(21)25-16)27-6-8-29-9-7-27/h2-5,10-11H,6-9,20H2,1H3,(H,23,28)(H2,21,22,25,26)/t11-/m0/s1. The number of nitrogens with one attached hydrogen (secondary N) is 1. The zero-order valence-electron chi connectivity index (χ0n) is 16.0. The molecule has 1 fully saturated rings. The topological polar surface area (TPSA) is 145 Å². The van der Waals surface area contributed by atoms with Crippen molar-refractivity contribution >= 4 is 34.5 Å². The lowest BCUT2D eigenvalue weighted by Gasteiger charge is -2.28. The number of carbonyl (C=O) groups excluding carboxylic acids is 1. The average Bonchev–Trinajstić information content (AvgIpc) is 2.74. The quantitative estimate of drug-likeness (QED) is 0.584. The van der Waals surface area contributed by atoms with Crippen LogP contribution in [0, 0.1) is 0 Å². The smallest absolute Gasteiger partial charge is 0.240 e. The van der Waals surface area contributed by atoms with Gasteiger partial charge in [-0.15, -0.1) is 0 Å². The lowest BCUT2D eigenvalue weighted by molar-refractivity contribution is -0.117. The van der Waals surface area contributed by atoms with Gasteiger partial charge in [-0.2, -0.15) is 9.97 Å². The van der Waals surface area contributed by atoms with Crippen LogP contribution in [0.2, 0.25) is 0 Å². The van der Waals surface area contributed by atoms with Gasteiger partial charge in [0.05, 0.1) is 31.1 Å². The number of hydrogen-bond donors (Lipinski definition) is 3. The van der Waals surface area contributed by atoms with Crippen molar-refractivity contribution in [3.63, 3.8) is 0 Å². The molecule has 4 rings (SSSR count). The van der Waals surface area contributed by atoms with Crippen LogP contribution in [-0.2, 0) is 9.53 Å². The largest absolute Gasteiger partial charge is 0.378 e. The lowest BCUT2D eigenvalue weighted by atomic mass is 10.1. The highest BCUT2D eigenvalue weighted by molar-refractivity contribution is 5.94. The van der Waals surface area contributed by atoms with Gasteiger partial charge in [-0.1, -0.05) is 12.1 Å². The molecule has 0 spiro atoms. The average molecular weight is 394 g/mol. The summed E-state index contributed by atoms with van der Waals surface area (Å²) in [6.45, 7) is 4.27. The first-order chi connectivity index (χ1) is 14.0. The molecular formula is C19H22N8O2. The summed E-state index contributed by atoms with van der Waals surface area (Å²) in [5.74, 6) is 0.578. The summed E-state index contributed by atoms with van der Waals surface area (Å²) in [6, 6.07) is 6.73. The van der Waals surface area contributed by atoms with Gasteiger partial charge < -0.3 is 26.4 Å². The molecule has 10 heteroatoms. The molecule has 0 aliphatic carbocycles. The molecule has 0 bridgehead atoms. The minimum atomic E-state index is -0.577. The number of hydrogen-bond acceptors (Lipinski definition) is 9. The summed E-state index contributed by atoms with van der Waals surface area (Å²) < 4.78 is 5.42. The number of aromatic nitrogens is 4. The summed E-state index contributed by atoms with van der Waals surface area (Å²) in [4.78, 5) is 31.6. The number of ether oxygens (including phenoxy) is 1. The second-order valence-electron chi connectivity index (χ2n) is 6.79. The van der Waals surface area contributed by atoms with Gasteiger partial charge in [0.1, 0.15) is 0 Å². The lowest BCUT2D eigenvalue weighted by Crippen LogP contribution is -2.37. The van der Waals surface area contributed by atoms with Crippen LogP contribution in [0.5, 0.6) is 0 Å². The number of benzene rings is 1. The Balaban J connectivity index is 1.68. The summed E-state index contributed by atoms with van der Waals surface area (Å²) in [5.41, 5.74) is 14.7. The Hall–Kier alpha value is -3.37. The molecule has 1 aliphatic rings. The molecule has 3 aromatic rings. The van der Waals surface area contributed by atoms with Crippen LogP contribution in [0.3, 0.4) is 0 Å². The Morgan fingerprint density at radius 2 is 1.90 bits per heavy atom. The van der Waals surface area contributed by atoms with E-state index >= 15 is 0 Å². The number of fused-ring (bicyclic) bond motifs is 1. The fourth-order valence-corrected chi connectivity index (χ4v) is 3.02. The first-order valence-electron chi connectivity index (χ1n) is 9.31. The summed E-state index contributed by atoms with van der Waals surface area (Å²) in [5, 5.41) is 2.76. The predicted octanol–water partition coefficient (Wildman–Crippen LogP) is 0.791. The van der Waals surface area contributed by atoms with Gasteiger partial charge in [-0.3, -0.25) is 4.79 Å². The number of amides is 1. The second-order valence-corrected chi connectivity index (χ2v) is 6.79. The number of anilines is 3. The Morgan fingerprint density at radius 1 is 1.17 bits per heavy atom. The van der Waals surface area contributed by atoms with Crippen molar-refractivity contribution in [1.82, 2.24) is 19.9 Å². The minimum Gasteiger partial charge on any atom is -0.378 e. The molecule has 150 valence electrons. The maximum Gasteiger partial charge on any atom is 0.240 e. The van der Waals surface area contributed by atoms with E-state index in [1.807, 2.05) is 12.1 Å². The predicted molar refractivity (Wildman–Crippen MR) is 110 cm³/mol. The Labute approximate surface area is 167 Å². The normalized spacial score (nSPS) is 15.3. The fourth-order valence-electron chi connectivity index (χ4n) is 3.02. The number of morpholine rings is 1.